The molecule has 0 bridgehead atoms. The third-order valence-corrected chi connectivity index (χ3v) is 5.63. The monoisotopic (exact) mass is 468 g/mol. The Bertz CT molecular complexity index is 1160. The van der Waals surface area contributed by atoms with Crippen molar-refractivity contribution >= 4 is 33.6 Å². The van der Waals surface area contributed by atoms with E-state index in [0.29, 0.717) is 10.5 Å². The Kier molecular flexibility index (Phi) is 6.14. The van der Waals surface area contributed by atoms with E-state index in [1.165, 1.54) is 55.5 Å². The minimum Gasteiger partial charge on any atom is -0.435 e. The van der Waals surface area contributed by atoms with Crippen LogP contribution in [0.1, 0.15) is 12.5 Å². The van der Waals surface area contributed by atoms with Gasteiger partial charge in [0.05, 0.1) is 4.90 Å². The van der Waals surface area contributed by atoms with Crippen molar-refractivity contribution in [2.45, 2.75) is 24.0 Å². The SMILES string of the molecule is C[C@]1(c2ccc(OC(F)F)cc2)NC(=O)N(CC(=O)Nc2ccc(S(N)(=O)=O)cc2)C1=O. The number of alkyl halides is 2. The third-order valence-electron chi connectivity index (χ3n) is 4.70. The molecular weight excluding hydrogens is 450 g/mol. The fourth-order valence-electron chi connectivity index (χ4n) is 3.08. The fraction of sp³-hybridized carbons (Fsp3) is 0.211. The first-order valence-corrected chi connectivity index (χ1v) is 10.6. The van der Waals surface area contributed by atoms with Crippen LogP contribution in [-0.2, 0) is 25.2 Å². The molecule has 2 aromatic rings. The smallest absolute Gasteiger partial charge is 0.387 e. The maximum atomic E-state index is 12.9. The van der Waals surface area contributed by atoms with Crippen molar-refractivity contribution < 1.29 is 36.3 Å². The van der Waals surface area contributed by atoms with Gasteiger partial charge in [0.25, 0.3) is 5.91 Å². The number of imide groups is 1. The summed E-state index contributed by atoms with van der Waals surface area (Å²) in [6, 6.07) is 9.34. The lowest BCUT2D eigenvalue weighted by Crippen LogP contribution is -2.42. The molecule has 2 aromatic carbocycles. The number of carbonyl (C=O) groups excluding carboxylic acids is 3. The predicted molar refractivity (Wildman–Crippen MR) is 107 cm³/mol. The van der Waals surface area contributed by atoms with E-state index in [9.17, 15) is 31.6 Å². The van der Waals surface area contributed by atoms with Gasteiger partial charge in [-0.05, 0) is 48.9 Å². The summed E-state index contributed by atoms with van der Waals surface area (Å²) in [6.07, 6.45) is 0. The molecule has 1 aliphatic rings. The summed E-state index contributed by atoms with van der Waals surface area (Å²) in [7, 11) is -3.89. The molecule has 13 heteroatoms. The Hall–Kier alpha value is -3.58. The van der Waals surface area contributed by atoms with E-state index < -0.39 is 46.6 Å². The number of nitrogens with zero attached hydrogens (tertiary/aromatic N) is 1. The first-order chi connectivity index (χ1) is 14.9. The molecule has 0 radical (unpaired) electrons. The molecule has 0 unspecified atom stereocenters. The Morgan fingerprint density at radius 1 is 1.16 bits per heavy atom. The van der Waals surface area contributed by atoms with Crippen molar-refractivity contribution in [2.75, 3.05) is 11.9 Å². The molecule has 1 saturated heterocycles. The van der Waals surface area contributed by atoms with Crippen LogP contribution in [0.15, 0.2) is 53.4 Å². The number of hydrogen-bond donors (Lipinski definition) is 3. The molecule has 1 heterocycles. The summed E-state index contributed by atoms with van der Waals surface area (Å²) in [5.74, 6) is -1.54. The van der Waals surface area contributed by atoms with Crippen LogP contribution in [0, 0.1) is 0 Å². The van der Waals surface area contributed by atoms with E-state index >= 15 is 0 Å². The zero-order valence-electron chi connectivity index (χ0n) is 16.5. The van der Waals surface area contributed by atoms with Crippen LogP contribution in [0.4, 0.5) is 19.3 Å². The second-order valence-corrected chi connectivity index (χ2v) is 8.53. The highest BCUT2D eigenvalue weighted by Crippen LogP contribution is 2.30. The molecule has 0 aliphatic carbocycles. The van der Waals surface area contributed by atoms with E-state index in [1.54, 1.807) is 0 Å². The third kappa shape index (κ3) is 4.84. The van der Waals surface area contributed by atoms with Gasteiger partial charge < -0.3 is 15.4 Å². The lowest BCUT2D eigenvalue weighted by Gasteiger charge is -2.22. The molecule has 32 heavy (non-hydrogen) atoms. The standard InChI is InChI=1S/C19H18F2N4O6S/c1-19(11-2-6-13(7-3-11)31-17(20)21)16(27)25(18(28)24-19)10-15(26)23-12-4-8-14(9-5-12)32(22,29)30/h2-9,17H,10H2,1H3,(H,23,26)(H,24,28)(H2,22,29,30)/t19-/m1/s1. The summed E-state index contributed by atoms with van der Waals surface area (Å²) in [5.41, 5.74) is -0.983. The molecule has 10 nitrogen and oxygen atoms in total. The summed E-state index contributed by atoms with van der Waals surface area (Å²) < 4.78 is 51.4. The molecule has 0 aromatic heterocycles. The Labute approximate surface area is 181 Å². The van der Waals surface area contributed by atoms with Crippen molar-refractivity contribution in [2.24, 2.45) is 5.14 Å². The van der Waals surface area contributed by atoms with Gasteiger partial charge in [-0.15, -0.1) is 0 Å². The van der Waals surface area contributed by atoms with Gasteiger partial charge >= 0.3 is 12.6 Å². The number of halogens is 2. The van der Waals surface area contributed by atoms with E-state index in [-0.39, 0.29) is 16.3 Å². The Balaban J connectivity index is 1.69. The number of anilines is 1. The summed E-state index contributed by atoms with van der Waals surface area (Å²) in [4.78, 5) is 38.1. The number of primary sulfonamides is 1. The van der Waals surface area contributed by atoms with Crippen LogP contribution in [0.25, 0.3) is 0 Å². The van der Waals surface area contributed by atoms with Gasteiger partial charge in [-0.2, -0.15) is 8.78 Å². The minimum absolute atomic E-state index is 0.117. The van der Waals surface area contributed by atoms with Gasteiger partial charge in [-0.25, -0.2) is 18.4 Å². The minimum atomic E-state index is -3.89. The van der Waals surface area contributed by atoms with Crippen LogP contribution in [-0.4, -0.2) is 44.3 Å². The van der Waals surface area contributed by atoms with Crippen molar-refractivity contribution in [1.29, 1.82) is 0 Å². The van der Waals surface area contributed by atoms with Gasteiger partial charge in [0.1, 0.15) is 17.8 Å². The van der Waals surface area contributed by atoms with Crippen molar-refractivity contribution in [3.63, 3.8) is 0 Å². The molecule has 3 rings (SSSR count). The summed E-state index contributed by atoms with van der Waals surface area (Å²) in [5, 5.41) is 9.94. The predicted octanol–water partition coefficient (Wildman–Crippen LogP) is 1.34. The van der Waals surface area contributed by atoms with E-state index in [2.05, 4.69) is 15.4 Å². The van der Waals surface area contributed by atoms with Gasteiger partial charge in [-0.3, -0.25) is 14.5 Å². The molecule has 1 atom stereocenters. The first-order valence-electron chi connectivity index (χ1n) is 9.02. The second-order valence-electron chi connectivity index (χ2n) is 6.97. The first kappa shape index (κ1) is 23.1. The largest absolute Gasteiger partial charge is 0.435 e. The van der Waals surface area contributed by atoms with Crippen molar-refractivity contribution in [3.05, 3.63) is 54.1 Å². The quantitative estimate of drug-likeness (QED) is 0.523. The number of amides is 4. The van der Waals surface area contributed by atoms with E-state index in [0.717, 1.165) is 0 Å². The van der Waals surface area contributed by atoms with Gasteiger partial charge in [0.15, 0.2) is 0 Å². The lowest BCUT2D eigenvalue weighted by molar-refractivity contribution is -0.133. The average molecular weight is 468 g/mol. The Morgan fingerprint density at radius 2 is 1.75 bits per heavy atom. The maximum absolute atomic E-state index is 12.9. The average Bonchev–Trinajstić information content (AvgIpc) is 2.91. The highest BCUT2D eigenvalue weighted by Gasteiger charge is 2.49. The molecule has 1 aliphatic heterocycles. The number of carbonyl (C=O) groups is 3. The fourth-order valence-corrected chi connectivity index (χ4v) is 3.59. The van der Waals surface area contributed by atoms with E-state index in [1.807, 2.05) is 0 Å². The van der Waals surface area contributed by atoms with Crippen molar-refractivity contribution in [1.82, 2.24) is 10.2 Å². The second kappa shape index (κ2) is 8.51. The number of ether oxygens (including phenoxy) is 1. The van der Waals surface area contributed by atoms with Crippen LogP contribution >= 0.6 is 0 Å². The lowest BCUT2D eigenvalue weighted by atomic mass is 9.92. The number of benzene rings is 2. The number of hydrogen-bond acceptors (Lipinski definition) is 6. The van der Waals surface area contributed by atoms with Gasteiger partial charge in [-0.1, -0.05) is 12.1 Å². The number of nitrogens with two attached hydrogens (primary N) is 1. The number of urea groups is 1. The van der Waals surface area contributed by atoms with E-state index in [4.69, 9.17) is 5.14 Å². The molecule has 170 valence electrons. The number of rotatable bonds is 7. The van der Waals surface area contributed by atoms with Crippen LogP contribution in [0.2, 0.25) is 0 Å². The van der Waals surface area contributed by atoms with Crippen LogP contribution < -0.4 is 20.5 Å². The number of sulfonamides is 1. The molecule has 1 fully saturated rings. The molecule has 0 saturated carbocycles. The number of nitrogens with one attached hydrogen (secondary N) is 2. The summed E-state index contributed by atoms with van der Waals surface area (Å²) in [6.45, 7) is -2.20. The topological polar surface area (TPSA) is 148 Å². The zero-order valence-corrected chi connectivity index (χ0v) is 17.4. The van der Waals surface area contributed by atoms with Crippen LogP contribution in [0.3, 0.4) is 0 Å². The molecule has 4 amide bonds. The Morgan fingerprint density at radius 3 is 2.28 bits per heavy atom. The van der Waals surface area contributed by atoms with Gasteiger partial charge in [0, 0.05) is 5.69 Å². The highest BCUT2D eigenvalue weighted by molar-refractivity contribution is 7.89. The summed E-state index contributed by atoms with van der Waals surface area (Å²) >= 11 is 0. The molecular formula is C19H18F2N4O6S. The maximum Gasteiger partial charge on any atom is 0.387 e. The van der Waals surface area contributed by atoms with Gasteiger partial charge in [0.2, 0.25) is 15.9 Å². The zero-order chi connectivity index (χ0) is 23.7. The normalized spacial score (nSPS) is 18.6. The highest BCUT2D eigenvalue weighted by atomic mass is 32.2. The van der Waals surface area contributed by atoms with Crippen LogP contribution in [0.5, 0.6) is 5.75 Å². The van der Waals surface area contributed by atoms with Crippen molar-refractivity contribution in [3.8, 4) is 5.75 Å². The molecule has 4 N–H and O–H groups in total. The molecule has 0 spiro atoms.